The number of hydrogen-bond acceptors (Lipinski definition) is 3. The van der Waals surface area contributed by atoms with Crippen LogP contribution in [0.4, 0.5) is 0 Å². The maximum atomic E-state index is 8.55. The van der Waals surface area contributed by atoms with Crippen molar-refractivity contribution in [3.63, 3.8) is 0 Å². The van der Waals surface area contributed by atoms with E-state index in [2.05, 4.69) is 150 Å². The fraction of sp³-hybridized carbons (Fsp3) is 0.279. The van der Waals surface area contributed by atoms with Crippen LogP contribution in [-0.2, 0) is 25.5 Å². The zero-order valence-corrected chi connectivity index (χ0v) is 44.3. The third kappa shape index (κ3) is 8.97. The van der Waals surface area contributed by atoms with Crippen LogP contribution in [0.3, 0.4) is 0 Å². The second-order valence-corrected chi connectivity index (χ2v) is 25.7. The van der Waals surface area contributed by atoms with Crippen LogP contribution in [0.15, 0.2) is 132 Å². The van der Waals surface area contributed by atoms with Crippen molar-refractivity contribution in [1.29, 1.82) is 0 Å². The number of aromatic nitrogens is 3. The molecule has 0 spiro atoms. The molecule has 1 radical (unpaired) electrons. The van der Waals surface area contributed by atoms with Crippen LogP contribution < -0.4 is 5.19 Å². The summed E-state index contributed by atoms with van der Waals surface area (Å²) in [6, 6.07) is 47.7. The van der Waals surface area contributed by atoms with E-state index in [1.165, 1.54) is 21.9 Å². The number of para-hydroxylation sites is 2. The van der Waals surface area contributed by atoms with E-state index in [1.807, 2.05) is 74.6 Å². The number of imidazole rings is 1. The Morgan fingerprint density at radius 1 is 0.731 bits per heavy atom. The molecule has 0 aliphatic carbocycles. The molecule has 0 amide bonds. The van der Waals surface area contributed by atoms with E-state index in [4.69, 9.17) is 14.9 Å². The van der Waals surface area contributed by atoms with Crippen LogP contribution in [-0.4, -0.2) is 22.6 Å². The molecule has 0 saturated heterocycles. The van der Waals surface area contributed by atoms with Crippen LogP contribution in [0.1, 0.15) is 113 Å². The first-order valence-electron chi connectivity index (χ1n) is 25.3. The number of hydrogen-bond donors (Lipinski definition) is 0. The molecule has 343 valence electrons. The summed E-state index contributed by atoms with van der Waals surface area (Å²) < 4.78 is 43.2. The number of aryl methyl sites for hydroxylation is 1. The first kappa shape index (κ1) is 42.7. The maximum absolute atomic E-state index is 8.55. The van der Waals surface area contributed by atoms with Gasteiger partial charge >= 0.3 is 0 Å². The Bertz CT molecular complexity index is 3580. The van der Waals surface area contributed by atoms with E-state index in [-0.39, 0.29) is 42.9 Å². The fourth-order valence-corrected chi connectivity index (χ4v) is 10.9. The molecule has 10 rings (SSSR count). The molecule has 0 N–H and O–H groups in total. The Morgan fingerprint density at radius 2 is 1.42 bits per heavy atom. The third-order valence-electron chi connectivity index (χ3n) is 12.9. The van der Waals surface area contributed by atoms with Crippen LogP contribution in [0.5, 0.6) is 0 Å². The van der Waals surface area contributed by atoms with Crippen LogP contribution in [0.25, 0.3) is 82.8 Å². The summed E-state index contributed by atoms with van der Waals surface area (Å²) in [5, 5.41) is 6.98. The Hall–Kier alpha value is -5.65. The second kappa shape index (κ2) is 18.4. The van der Waals surface area contributed by atoms with Gasteiger partial charge in [0.25, 0.3) is 0 Å². The monoisotopic (exact) mass is 1080 g/mol. The molecule has 0 aliphatic rings. The van der Waals surface area contributed by atoms with Gasteiger partial charge in [0.1, 0.15) is 5.58 Å². The van der Waals surface area contributed by atoms with Crippen molar-refractivity contribution < 1.29 is 30.0 Å². The average molecular weight is 1080 g/mol. The Labute approximate surface area is 417 Å². The molecule has 7 aromatic carbocycles. The number of furan rings is 1. The third-order valence-corrected chi connectivity index (χ3v) is 14.9. The van der Waals surface area contributed by atoms with E-state index in [9.17, 15) is 0 Å². The summed E-state index contributed by atoms with van der Waals surface area (Å²) >= 11 is 0. The van der Waals surface area contributed by atoms with Gasteiger partial charge < -0.3 is 14.0 Å². The summed E-state index contributed by atoms with van der Waals surface area (Å²) in [5.74, 6) is 0.528. The standard InChI is InChI=1S/C44H41N2O.C17H22NSi.Ir/c1-25(2)33-22-30(44(6,7)8)23-34(26(3)4)41(33)46-38-16-12-11-15-37(38)45-43(46)32-20-17-27(5)40-36-21-29-19-18-28-13-9-10-14-31(28)35(29)24-39(36)47-42(32)40;1-13(2)15-11-16(14-9-7-6-8-10-14)18-12-17(15)19(3,4)5;/h9-19,21-26H,1-8H3;6-9,11-13H,1-5H3;/q2*-1;/i5D3;13D;. The van der Waals surface area contributed by atoms with E-state index >= 15 is 0 Å². The molecule has 3 heterocycles. The van der Waals surface area contributed by atoms with E-state index in [0.29, 0.717) is 27.9 Å². The summed E-state index contributed by atoms with van der Waals surface area (Å²) in [4.78, 5) is 9.88. The van der Waals surface area contributed by atoms with Gasteiger partial charge in [0.15, 0.2) is 0 Å². The van der Waals surface area contributed by atoms with Crippen molar-refractivity contribution in [2.75, 3.05) is 0 Å². The first-order valence-corrected chi connectivity index (χ1v) is 26.8. The van der Waals surface area contributed by atoms with Crippen molar-refractivity contribution in [2.24, 2.45) is 0 Å². The molecule has 0 fully saturated rings. The molecule has 0 aliphatic heterocycles. The van der Waals surface area contributed by atoms with Crippen LogP contribution in [0.2, 0.25) is 19.6 Å². The summed E-state index contributed by atoms with van der Waals surface area (Å²) in [5.41, 5.74) is 11.7. The van der Waals surface area contributed by atoms with Crippen molar-refractivity contribution in [3.05, 3.63) is 167 Å². The predicted molar refractivity (Wildman–Crippen MR) is 285 cm³/mol. The molecule has 0 saturated carbocycles. The second-order valence-electron chi connectivity index (χ2n) is 20.7. The molecule has 4 nitrogen and oxygen atoms in total. The number of fused-ring (bicyclic) bond motifs is 7. The van der Waals surface area contributed by atoms with Crippen molar-refractivity contribution in [3.8, 4) is 28.3 Å². The Balaban J connectivity index is 0.000000271. The van der Waals surface area contributed by atoms with Gasteiger partial charge in [-0.3, -0.25) is 4.98 Å². The molecule has 67 heavy (non-hydrogen) atoms. The zero-order valence-electron chi connectivity index (χ0n) is 44.9. The molecule has 3 aromatic heterocycles. The van der Waals surface area contributed by atoms with Crippen molar-refractivity contribution in [1.82, 2.24) is 14.5 Å². The summed E-state index contributed by atoms with van der Waals surface area (Å²) in [7, 11) is -1.50. The Morgan fingerprint density at radius 3 is 2.07 bits per heavy atom. The predicted octanol–water partition coefficient (Wildman–Crippen LogP) is 16.8. The van der Waals surface area contributed by atoms with Gasteiger partial charge in [0.2, 0.25) is 0 Å². The smallest absolute Gasteiger partial charge is 0.121 e. The minimum absolute atomic E-state index is 0. The maximum Gasteiger partial charge on any atom is 0.121 e. The average Bonchev–Trinajstić information content (AvgIpc) is 3.87. The van der Waals surface area contributed by atoms with Crippen LogP contribution >= 0.6 is 0 Å². The van der Waals surface area contributed by atoms with Crippen molar-refractivity contribution in [2.45, 2.75) is 112 Å². The Kier molecular flexibility index (Phi) is 11.8. The zero-order chi connectivity index (χ0) is 50.2. The molecule has 0 atom stereocenters. The molecule has 6 heteroatoms. The SMILES string of the molecule is [2H]C(C)(C)c1cc(-c2[c-]cccc2)ncc1[Si](C)(C)C.[2H]C([2H])([2H])c1c[c-]c(-c2nc3ccccc3n2-c2c(C(C)C)cc(C(C)(C)C)cc2C(C)C)c2oc3cc4c(ccc5ccccc54)cc3c12.[Ir]. The van der Waals surface area contributed by atoms with Gasteiger partial charge in [-0.05, 0) is 96.5 Å². The topological polar surface area (TPSA) is 43.9 Å². The largest absolute Gasteiger partial charge is 0.501 e. The molecular weight excluding hydrogens is 1010 g/mol. The van der Waals surface area contributed by atoms with Gasteiger partial charge in [0, 0.05) is 42.9 Å². The summed E-state index contributed by atoms with van der Waals surface area (Å²) in [6.07, 6.45) is 1.98. The number of nitrogens with zero attached hydrogens (tertiary/aromatic N) is 3. The van der Waals surface area contributed by atoms with E-state index < -0.39 is 20.8 Å². The van der Waals surface area contributed by atoms with E-state index in [1.54, 1.807) is 6.07 Å². The fourth-order valence-electron chi connectivity index (χ4n) is 9.33. The number of benzene rings is 7. The van der Waals surface area contributed by atoms with Crippen molar-refractivity contribution >= 4 is 67.8 Å². The summed E-state index contributed by atoms with van der Waals surface area (Å²) in [6.45, 7) is 24.2. The first-order chi connectivity index (χ1) is 32.9. The molecule has 10 aromatic rings. The van der Waals surface area contributed by atoms with Gasteiger partial charge in [-0.1, -0.05) is 172 Å². The normalized spacial score (nSPS) is 13.5. The quantitative estimate of drug-likeness (QED) is 0.0907. The number of pyridine rings is 1. The van der Waals surface area contributed by atoms with Gasteiger partial charge in [-0.15, -0.1) is 53.6 Å². The minimum Gasteiger partial charge on any atom is -0.501 e. The van der Waals surface area contributed by atoms with Crippen LogP contribution in [0, 0.1) is 19.0 Å². The van der Waals surface area contributed by atoms with E-state index in [0.717, 1.165) is 60.5 Å². The van der Waals surface area contributed by atoms with Gasteiger partial charge in [-0.25, -0.2) is 0 Å². The molecule has 0 bridgehead atoms. The van der Waals surface area contributed by atoms with Gasteiger partial charge in [-0.2, -0.15) is 0 Å². The molecule has 0 unspecified atom stereocenters. The van der Waals surface area contributed by atoms with Gasteiger partial charge in [0.05, 0.1) is 30.5 Å². The molecular formula is C61H63IrN3OSi-2. The minimum atomic E-state index is -2.37. The number of rotatable bonds is 7.